The summed E-state index contributed by atoms with van der Waals surface area (Å²) < 4.78 is 1.85. The van der Waals surface area contributed by atoms with Gasteiger partial charge in [-0.25, -0.2) is 0 Å². The molecular weight excluding hydrogens is 414 g/mol. The van der Waals surface area contributed by atoms with Crippen LogP contribution in [0.25, 0.3) is 0 Å². The van der Waals surface area contributed by atoms with Gasteiger partial charge >= 0.3 is 0 Å². The predicted molar refractivity (Wildman–Crippen MR) is 129 cm³/mol. The van der Waals surface area contributed by atoms with E-state index in [9.17, 15) is 9.59 Å². The van der Waals surface area contributed by atoms with Crippen molar-refractivity contribution in [1.82, 2.24) is 25.0 Å². The van der Waals surface area contributed by atoms with Crippen molar-refractivity contribution in [2.24, 2.45) is 0 Å². The summed E-state index contributed by atoms with van der Waals surface area (Å²) in [6.07, 6.45) is 3.44. The number of hydrogen-bond acceptors (Lipinski definition) is 4. The molecular formula is C26H33N5O2. The standard InChI is InChI=1S/C26H33N5O2/c1-19-17-20(2)31(29-19)16-13-27-25(32)24-11-10-23(28-26(24)33)18-30-14-6-9-22(12-15-30)21-7-4-3-5-8-21/h3-5,7-8,10-11,17,22H,6,9,12-16,18H2,1-2H3,(H,27,32)(H,28,33). The van der Waals surface area contributed by atoms with Crippen molar-refractivity contribution in [2.75, 3.05) is 19.6 Å². The third-order valence-electron chi connectivity index (χ3n) is 6.41. The Kier molecular flexibility index (Phi) is 7.40. The Bertz CT molecular complexity index is 1140. The summed E-state index contributed by atoms with van der Waals surface area (Å²) in [5.41, 5.74) is 4.07. The van der Waals surface area contributed by atoms with Gasteiger partial charge in [0.05, 0.1) is 12.2 Å². The summed E-state index contributed by atoms with van der Waals surface area (Å²) in [4.78, 5) is 30.4. The zero-order valence-electron chi connectivity index (χ0n) is 19.5. The van der Waals surface area contributed by atoms with Crippen molar-refractivity contribution in [1.29, 1.82) is 0 Å². The number of hydrogen-bond donors (Lipinski definition) is 2. The first-order chi connectivity index (χ1) is 16.0. The molecule has 0 saturated carbocycles. The largest absolute Gasteiger partial charge is 0.350 e. The van der Waals surface area contributed by atoms with Crippen molar-refractivity contribution >= 4 is 5.91 Å². The van der Waals surface area contributed by atoms with E-state index in [1.165, 1.54) is 12.0 Å². The molecule has 2 N–H and O–H groups in total. The first-order valence-corrected chi connectivity index (χ1v) is 11.8. The van der Waals surface area contributed by atoms with Gasteiger partial charge in [-0.15, -0.1) is 0 Å². The highest BCUT2D eigenvalue weighted by molar-refractivity contribution is 5.93. The van der Waals surface area contributed by atoms with Gasteiger partial charge in [-0.2, -0.15) is 5.10 Å². The molecule has 1 atom stereocenters. The van der Waals surface area contributed by atoms with Crippen molar-refractivity contribution in [3.63, 3.8) is 0 Å². The summed E-state index contributed by atoms with van der Waals surface area (Å²) in [6, 6.07) is 16.2. The number of H-pyrrole nitrogens is 1. The molecule has 7 nitrogen and oxygen atoms in total. The Morgan fingerprint density at radius 2 is 1.94 bits per heavy atom. The summed E-state index contributed by atoms with van der Waals surface area (Å²) in [7, 11) is 0. The number of carbonyl (C=O) groups excluding carboxylic acids is 1. The molecule has 1 saturated heterocycles. The minimum Gasteiger partial charge on any atom is -0.350 e. The fourth-order valence-electron chi connectivity index (χ4n) is 4.67. The molecule has 174 valence electrons. The lowest BCUT2D eigenvalue weighted by Gasteiger charge is -2.20. The van der Waals surface area contributed by atoms with E-state index in [1.54, 1.807) is 6.07 Å². The number of aromatic nitrogens is 3. The van der Waals surface area contributed by atoms with Crippen LogP contribution in [0.3, 0.4) is 0 Å². The van der Waals surface area contributed by atoms with E-state index < -0.39 is 0 Å². The molecule has 1 amide bonds. The van der Waals surface area contributed by atoms with Gasteiger partial charge in [0.1, 0.15) is 5.56 Å². The number of amides is 1. The van der Waals surface area contributed by atoms with Crippen LogP contribution in [0.2, 0.25) is 0 Å². The average molecular weight is 448 g/mol. The maximum Gasteiger partial charge on any atom is 0.261 e. The molecule has 1 unspecified atom stereocenters. The number of nitrogens with zero attached hydrogens (tertiary/aromatic N) is 3. The molecule has 0 radical (unpaired) electrons. The van der Waals surface area contributed by atoms with Gasteiger partial charge in [0.25, 0.3) is 11.5 Å². The lowest BCUT2D eigenvalue weighted by Crippen LogP contribution is -2.33. The molecule has 0 bridgehead atoms. The number of nitrogens with one attached hydrogen (secondary N) is 2. The van der Waals surface area contributed by atoms with E-state index in [-0.39, 0.29) is 17.0 Å². The van der Waals surface area contributed by atoms with Crippen molar-refractivity contribution in [3.05, 3.63) is 87.1 Å². The van der Waals surface area contributed by atoms with Crippen LogP contribution in [0.15, 0.2) is 53.3 Å². The fourth-order valence-corrected chi connectivity index (χ4v) is 4.67. The minimum absolute atomic E-state index is 0.145. The van der Waals surface area contributed by atoms with E-state index in [2.05, 4.69) is 50.6 Å². The van der Waals surface area contributed by atoms with Gasteiger partial charge in [-0.05, 0) is 75.9 Å². The summed E-state index contributed by atoms with van der Waals surface area (Å²) in [6.45, 7) is 7.61. The molecule has 33 heavy (non-hydrogen) atoms. The van der Waals surface area contributed by atoms with Crippen molar-refractivity contribution < 1.29 is 4.79 Å². The zero-order valence-corrected chi connectivity index (χ0v) is 19.5. The van der Waals surface area contributed by atoms with Crippen LogP contribution >= 0.6 is 0 Å². The Hall–Kier alpha value is -3.19. The van der Waals surface area contributed by atoms with Crippen LogP contribution in [0, 0.1) is 13.8 Å². The second kappa shape index (κ2) is 10.6. The summed E-state index contributed by atoms with van der Waals surface area (Å²) in [5, 5.41) is 7.21. The Labute approximate surface area is 194 Å². The molecule has 1 aromatic carbocycles. The number of rotatable bonds is 7. The maximum absolute atomic E-state index is 12.6. The van der Waals surface area contributed by atoms with Crippen LogP contribution in [0.4, 0.5) is 0 Å². The highest BCUT2D eigenvalue weighted by Gasteiger charge is 2.19. The quantitative estimate of drug-likeness (QED) is 0.582. The highest BCUT2D eigenvalue weighted by Crippen LogP contribution is 2.28. The van der Waals surface area contributed by atoms with E-state index in [0.717, 1.165) is 43.0 Å². The van der Waals surface area contributed by atoms with Crippen LogP contribution < -0.4 is 10.9 Å². The number of likely N-dealkylation sites (tertiary alicyclic amines) is 1. The third-order valence-corrected chi connectivity index (χ3v) is 6.41. The van der Waals surface area contributed by atoms with E-state index in [1.807, 2.05) is 30.7 Å². The molecule has 1 aliphatic rings. The molecule has 0 aliphatic carbocycles. The first-order valence-electron chi connectivity index (χ1n) is 11.8. The van der Waals surface area contributed by atoms with Gasteiger partial charge in [-0.1, -0.05) is 30.3 Å². The summed E-state index contributed by atoms with van der Waals surface area (Å²) in [5.74, 6) is 0.237. The molecule has 4 rings (SSSR count). The second-order valence-electron chi connectivity index (χ2n) is 8.95. The fraction of sp³-hybridized carbons (Fsp3) is 0.423. The van der Waals surface area contributed by atoms with E-state index >= 15 is 0 Å². The smallest absolute Gasteiger partial charge is 0.261 e. The number of pyridine rings is 1. The number of benzene rings is 1. The lowest BCUT2D eigenvalue weighted by atomic mass is 9.92. The van der Waals surface area contributed by atoms with Gasteiger partial charge in [0, 0.05) is 24.5 Å². The summed E-state index contributed by atoms with van der Waals surface area (Å²) >= 11 is 0. The predicted octanol–water partition coefficient (Wildman–Crippen LogP) is 3.39. The topological polar surface area (TPSA) is 83.0 Å². The minimum atomic E-state index is -0.357. The average Bonchev–Trinajstić information content (AvgIpc) is 2.98. The molecule has 0 spiro atoms. The van der Waals surface area contributed by atoms with Crippen LogP contribution in [0.5, 0.6) is 0 Å². The van der Waals surface area contributed by atoms with Gasteiger partial charge in [0.2, 0.25) is 0 Å². The van der Waals surface area contributed by atoms with Gasteiger partial charge in [0.15, 0.2) is 0 Å². The van der Waals surface area contributed by atoms with Crippen molar-refractivity contribution in [2.45, 2.75) is 52.1 Å². The monoisotopic (exact) mass is 447 g/mol. The zero-order chi connectivity index (χ0) is 23.2. The number of aromatic amines is 1. The van der Waals surface area contributed by atoms with Gasteiger partial charge < -0.3 is 10.3 Å². The lowest BCUT2D eigenvalue weighted by molar-refractivity contribution is 0.0950. The Morgan fingerprint density at radius 1 is 1.12 bits per heavy atom. The molecule has 1 fully saturated rings. The Morgan fingerprint density at radius 3 is 2.67 bits per heavy atom. The van der Waals surface area contributed by atoms with E-state index in [4.69, 9.17) is 0 Å². The number of carbonyl (C=O) groups is 1. The molecule has 7 heteroatoms. The van der Waals surface area contributed by atoms with Crippen LogP contribution in [0.1, 0.15) is 58.2 Å². The molecule has 3 aromatic rings. The first kappa shape index (κ1) is 23.0. The van der Waals surface area contributed by atoms with Crippen molar-refractivity contribution in [3.8, 4) is 0 Å². The maximum atomic E-state index is 12.6. The van der Waals surface area contributed by atoms with Gasteiger partial charge in [-0.3, -0.25) is 19.2 Å². The van der Waals surface area contributed by atoms with E-state index in [0.29, 0.717) is 25.6 Å². The number of aryl methyl sites for hydroxylation is 2. The molecule has 3 heterocycles. The normalized spacial score (nSPS) is 17.0. The second-order valence-corrected chi connectivity index (χ2v) is 8.95. The third kappa shape index (κ3) is 5.99. The highest BCUT2D eigenvalue weighted by atomic mass is 16.2. The SMILES string of the molecule is Cc1cc(C)n(CCNC(=O)c2ccc(CN3CCCC(c4ccccc4)CC3)[nH]c2=O)n1. The van der Waals surface area contributed by atoms with Crippen LogP contribution in [-0.4, -0.2) is 45.2 Å². The molecule has 1 aliphatic heterocycles. The van der Waals surface area contributed by atoms with Crippen LogP contribution in [-0.2, 0) is 13.1 Å². The Balaban J connectivity index is 1.30. The molecule has 2 aromatic heterocycles.